The van der Waals surface area contributed by atoms with Gasteiger partial charge in [-0.15, -0.1) is 0 Å². The van der Waals surface area contributed by atoms with Crippen molar-refractivity contribution in [2.24, 2.45) is 5.84 Å². The molecule has 1 heterocycles. The van der Waals surface area contributed by atoms with E-state index < -0.39 is 22.4 Å². The zero-order chi connectivity index (χ0) is 20.5. The Balaban J connectivity index is 2.42. The Morgan fingerprint density at radius 2 is 1.96 bits per heavy atom. The van der Waals surface area contributed by atoms with Gasteiger partial charge in [0.2, 0.25) is 5.82 Å². The van der Waals surface area contributed by atoms with Crippen molar-refractivity contribution in [2.75, 3.05) is 5.43 Å². The molecule has 9 heteroatoms. The third-order valence-corrected chi connectivity index (χ3v) is 4.36. The topological polar surface area (TPSA) is 94.1 Å². The quantitative estimate of drug-likeness (QED) is 0.360. The predicted octanol–water partition coefficient (Wildman–Crippen LogP) is 5.07. The highest BCUT2D eigenvalue weighted by molar-refractivity contribution is 6.02. The number of benzene rings is 2. The Morgan fingerprint density at radius 3 is 2.57 bits per heavy atom. The average Bonchev–Trinajstić information content (AvgIpc) is 2.66. The maximum atomic E-state index is 13.2. The van der Waals surface area contributed by atoms with Crippen molar-refractivity contribution < 1.29 is 18.1 Å². The number of halogens is 3. The third kappa shape index (κ3) is 3.61. The minimum Gasteiger partial charge on any atom is -0.303 e. The fourth-order valence-electron chi connectivity index (χ4n) is 3.17. The number of nitro groups is 1. The van der Waals surface area contributed by atoms with E-state index in [-0.39, 0.29) is 16.9 Å². The summed E-state index contributed by atoms with van der Waals surface area (Å²) < 4.78 is 39.6. The highest BCUT2D eigenvalue weighted by Gasteiger charge is 2.32. The minimum atomic E-state index is -4.57. The number of anilines is 1. The number of pyridine rings is 1. The molecule has 0 amide bonds. The van der Waals surface area contributed by atoms with Crippen molar-refractivity contribution in [3.63, 3.8) is 0 Å². The second-order valence-electron chi connectivity index (χ2n) is 6.27. The number of aryl methyl sites for hydroxylation is 1. The number of nitrogens with two attached hydrogens (primary N) is 1. The zero-order valence-corrected chi connectivity index (χ0v) is 14.9. The van der Waals surface area contributed by atoms with Gasteiger partial charge in [0, 0.05) is 5.39 Å². The number of alkyl halides is 3. The lowest BCUT2D eigenvalue weighted by atomic mass is 9.95. The van der Waals surface area contributed by atoms with Crippen molar-refractivity contribution >= 4 is 22.4 Å². The van der Waals surface area contributed by atoms with E-state index in [0.717, 1.165) is 30.5 Å². The van der Waals surface area contributed by atoms with Crippen LogP contribution in [-0.2, 0) is 12.6 Å². The van der Waals surface area contributed by atoms with Crippen LogP contribution in [-0.4, -0.2) is 9.91 Å². The predicted molar refractivity (Wildman–Crippen MR) is 101 cm³/mol. The third-order valence-electron chi connectivity index (χ3n) is 4.36. The highest BCUT2D eigenvalue weighted by atomic mass is 19.4. The van der Waals surface area contributed by atoms with Gasteiger partial charge in [-0.1, -0.05) is 31.5 Å². The van der Waals surface area contributed by atoms with Crippen LogP contribution in [0, 0.1) is 10.1 Å². The maximum Gasteiger partial charge on any atom is 0.416 e. The molecule has 1 aromatic heterocycles. The lowest BCUT2D eigenvalue weighted by Gasteiger charge is -2.14. The lowest BCUT2D eigenvalue weighted by Crippen LogP contribution is -2.12. The molecule has 0 bridgehead atoms. The van der Waals surface area contributed by atoms with Crippen LogP contribution in [0.4, 0.5) is 24.7 Å². The van der Waals surface area contributed by atoms with Gasteiger partial charge >= 0.3 is 11.9 Å². The van der Waals surface area contributed by atoms with Gasteiger partial charge in [0.1, 0.15) is 0 Å². The van der Waals surface area contributed by atoms with E-state index >= 15 is 0 Å². The highest BCUT2D eigenvalue weighted by Crippen LogP contribution is 2.42. The van der Waals surface area contributed by atoms with Crippen LogP contribution in [0.15, 0.2) is 42.5 Å². The molecule has 3 aromatic rings. The van der Waals surface area contributed by atoms with E-state index in [1.54, 1.807) is 12.1 Å². The zero-order valence-electron chi connectivity index (χ0n) is 14.9. The smallest absolute Gasteiger partial charge is 0.303 e. The van der Waals surface area contributed by atoms with Gasteiger partial charge in [0.25, 0.3) is 0 Å². The van der Waals surface area contributed by atoms with Crippen molar-refractivity contribution in [2.45, 2.75) is 25.9 Å². The van der Waals surface area contributed by atoms with Crippen LogP contribution in [0.3, 0.4) is 0 Å². The van der Waals surface area contributed by atoms with E-state index in [4.69, 9.17) is 5.84 Å². The van der Waals surface area contributed by atoms with E-state index in [0.29, 0.717) is 10.9 Å². The lowest BCUT2D eigenvalue weighted by molar-refractivity contribution is -0.383. The maximum absolute atomic E-state index is 13.2. The number of aromatic nitrogens is 1. The molecule has 0 atom stereocenters. The molecule has 0 unspecified atom stereocenters. The first kappa shape index (κ1) is 19.6. The summed E-state index contributed by atoms with van der Waals surface area (Å²) in [7, 11) is 0. The summed E-state index contributed by atoms with van der Waals surface area (Å²) in [5.41, 5.74) is 2.25. The number of hydrazine groups is 1. The number of fused-ring (bicyclic) bond motifs is 1. The number of nitrogens with one attached hydrogen (secondary N) is 1. The Hall–Kier alpha value is -3.20. The van der Waals surface area contributed by atoms with Gasteiger partial charge in [0.05, 0.1) is 21.6 Å². The van der Waals surface area contributed by atoms with Gasteiger partial charge in [-0.05, 0) is 41.8 Å². The Labute approximate surface area is 158 Å². The van der Waals surface area contributed by atoms with Crippen molar-refractivity contribution in [1.29, 1.82) is 0 Å². The number of hydrogen-bond acceptors (Lipinski definition) is 5. The van der Waals surface area contributed by atoms with Gasteiger partial charge in [-0.25, -0.2) is 10.8 Å². The van der Waals surface area contributed by atoms with Crippen molar-refractivity contribution in [3.05, 3.63) is 63.7 Å². The van der Waals surface area contributed by atoms with Crippen LogP contribution in [0.1, 0.15) is 24.5 Å². The van der Waals surface area contributed by atoms with Crippen LogP contribution in [0.2, 0.25) is 0 Å². The number of nitrogen functional groups attached to an aromatic ring is 1. The van der Waals surface area contributed by atoms with Crippen LogP contribution in [0.5, 0.6) is 0 Å². The Bertz CT molecular complexity index is 1050. The van der Waals surface area contributed by atoms with Crippen LogP contribution >= 0.6 is 0 Å². The molecule has 0 spiro atoms. The number of rotatable bonds is 5. The van der Waals surface area contributed by atoms with Gasteiger partial charge in [-0.3, -0.25) is 10.1 Å². The fourth-order valence-corrected chi connectivity index (χ4v) is 3.17. The SMILES string of the molecule is CCCc1ccc2nc(NN)c([N+](=O)[O-])c(-c3cccc(C(F)(F)F)c3)c2c1. The molecule has 3 N–H and O–H groups in total. The van der Waals surface area contributed by atoms with E-state index in [9.17, 15) is 23.3 Å². The molecule has 0 fully saturated rings. The Morgan fingerprint density at radius 1 is 1.21 bits per heavy atom. The molecule has 0 aliphatic rings. The molecule has 0 saturated carbocycles. The first-order valence-electron chi connectivity index (χ1n) is 8.51. The summed E-state index contributed by atoms with van der Waals surface area (Å²) in [4.78, 5) is 15.2. The van der Waals surface area contributed by atoms with Gasteiger partial charge < -0.3 is 5.43 Å². The van der Waals surface area contributed by atoms with E-state index in [1.807, 2.05) is 13.0 Å². The number of nitrogens with zero attached hydrogens (tertiary/aromatic N) is 2. The first-order valence-corrected chi connectivity index (χ1v) is 8.51. The van der Waals surface area contributed by atoms with Crippen molar-refractivity contribution in [1.82, 2.24) is 4.98 Å². The molecule has 146 valence electrons. The second kappa shape index (κ2) is 7.43. The summed E-state index contributed by atoms with van der Waals surface area (Å²) in [5.74, 6) is 5.19. The molecule has 0 radical (unpaired) electrons. The van der Waals surface area contributed by atoms with E-state index in [2.05, 4.69) is 10.4 Å². The molecular formula is C19H17F3N4O2. The standard InChI is InChI=1S/C19H17F3N4O2/c1-2-4-11-7-8-15-14(9-11)16(17(26(27)28)18(24-15)25-23)12-5-3-6-13(10-12)19(20,21)22/h3,5-10H,2,4,23H2,1H3,(H,24,25). The molecule has 2 aromatic carbocycles. The second-order valence-corrected chi connectivity index (χ2v) is 6.27. The van der Waals surface area contributed by atoms with Crippen LogP contribution in [0.25, 0.3) is 22.0 Å². The molecular weight excluding hydrogens is 373 g/mol. The van der Waals surface area contributed by atoms with Gasteiger partial charge in [-0.2, -0.15) is 13.2 Å². The fraction of sp³-hybridized carbons (Fsp3) is 0.211. The Kier molecular flexibility index (Phi) is 5.19. The average molecular weight is 390 g/mol. The summed E-state index contributed by atoms with van der Waals surface area (Å²) in [6, 6.07) is 9.69. The molecule has 0 aliphatic carbocycles. The summed E-state index contributed by atoms with van der Waals surface area (Å²) >= 11 is 0. The normalized spacial score (nSPS) is 11.6. The summed E-state index contributed by atoms with van der Waals surface area (Å²) in [6.07, 6.45) is -3.00. The molecule has 3 rings (SSSR count). The minimum absolute atomic E-state index is 0.0482. The summed E-state index contributed by atoms with van der Waals surface area (Å²) in [5, 5.41) is 12.2. The largest absolute Gasteiger partial charge is 0.416 e. The van der Waals surface area contributed by atoms with Crippen LogP contribution < -0.4 is 11.3 Å². The molecule has 0 aliphatic heterocycles. The molecule has 0 saturated heterocycles. The van der Waals surface area contributed by atoms with E-state index in [1.165, 1.54) is 12.1 Å². The first-order chi connectivity index (χ1) is 13.3. The molecule has 6 nitrogen and oxygen atoms in total. The van der Waals surface area contributed by atoms with Crippen molar-refractivity contribution in [3.8, 4) is 11.1 Å². The summed E-state index contributed by atoms with van der Waals surface area (Å²) in [6.45, 7) is 1.99. The van der Waals surface area contributed by atoms with Gasteiger partial charge in [0.15, 0.2) is 0 Å². The number of hydrogen-bond donors (Lipinski definition) is 2. The molecule has 28 heavy (non-hydrogen) atoms. The monoisotopic (exact) mass is 390 g/mol.